The molecule has 3 nitrogen and oxygen atoms in total. The van der Waals surface area contributed by atoms with Crippen molar-refractivity contribution in [1.82, 2.24) is 0 Å². The molecule has 0 aliphatic heterocycles. The number of rotatable bonds is 6. The zero-order valence-corrected chi connectivity index (χ0v) is 10.8. The van der Waals surface area contributed by atoms with Crippen molar-refractivity contribution in [2.45, 2.75) is 33.6 Å². The van der Waals surface area contributed by atoms with Crippen LogP contribution in [0.5, 0.6) is 5.75 Å². The number of benzene rings is 1. The second-order valence-corrected chi connectivity index (χ2v) is 4.46. The van der Waals surface area contributed by atoms with Crippen molar-refractivity contribution in [2.75, 3.05) is 6.61 Å². The minimum absolute atomic E-state index is 0.655. The van der Waals surface area contributed by atoms with Crippen molar-refractivity contribution >= 4 is 5.71 Å². The maximum Gasteiger partial charge on any atom is 0.119 e. The normalized spacial score (nSPS) is 11.9. The first kappa shape index (κ1) is 13.6. The molecule has 17 heavy (non-hydrogen) atoms. The Kier molecular flexibility index (Phi) is 5.53. The van der Waals surface area contributed by atoms with Gasteiger partial charge in [0.15, 0.2) is 0 Å². The molecule has 1 N–H and O–H groups in total. The first-order valence-corrected chi connectivity index (χ1v) is 6.11. The van der Waals surface area contributed by atoms with Crippen molar-refractivity contribution in [1.29, 1.82) is 0 Å². The van der Waals surface area contributed by atoms with Crippen LogP contribution in [0, 0.1) is 5.92 Å². The Balaban J connectivity index is 2.56. The fraction of sp³-hybridized carbons (Fsp3) is 0.500. The van der Waals surface area contributed by atoms with Gasteiger partial charge in [-0.15, -0.1) is 0 Å². The second kappa shape index (κ2) is 6.94. The summed E-state index contributed by atoms with van der Waals surface area (Å²) in [6.07, 6.45) is 1.77. The third kappa shape index (κ3) is 4.47. The number of hydrogen-bond acceptors (Lipinski definition) is 3. The summed E-state index contributed by atoms with van der Waals surface area (Å²) in [4.78, 5) is 0. The molecule has 1 aromatic rings. The largest absolute Gasteiger partial charge is 0.494 e. The predicted octanol–water partition coefficient (Wildman–Crippen LogP) is 3.70. The van der Waals surface area contributed by atoms with Crippen LogP contribution in [0.4, 0.5) is 0 Å². The average molecular weight is 235 g/mol. The standard InChI is InChI=1S/C14H21NO2/c1-4-14(15-16)12-5-7-13(8-6-12)17-10-9-11(2)3/h5-8,11,16H,4,9-10H2,1-3H3/b15-14+. The Labute approximate surface area is 103 Å². The van der Waals surface area contributed by atoms with Crippen LogP contribution in [-0.2, 0) is 0 Å². The molecule has 94 valence electrons. The van der Waals surface area contributed by atoms with Gasteiger partial charge in [0, 0.05) is 0 Å². The molecule has 0 bridgehead atoms. The molecule has 3 heteroatoms. The van der Waals surface area contributed by atoms with Crippen molar-refractivity contribution in [3.05, 3.63) is 29.8 Å². The zero-order valence-electron chi connectivity index (χ0n) is 10.8. The molecule has 0 unspecified atom stereocenters. The number of hydrogen-bond donors (Lipinski definition) is 1. The third-order valence-corrected chi connectivity index (χ3v) is 2.61. The van der Waals surface area contributed by atoms with Gasteiger partial charge in [-0.3, -0.25) is 0 Å². The van der Waals surface area contributed by atoms with E-state index in [0.29, 0.717) is 18.1 Å². The molecule has 0 aliphatic carbocycles. The van der Waals surface area contributed by atoms with Crippen molar-refractivity contribution < 1.29 is 9.94 Å². The van der Waals surface area contributed by atoms with E-state index in [-0.39, 0.29) is 0 Å². The molecule has 0 saturated heterocycles. The molecule has 1 rings (SSSR count). The minimum Gasteiger partial charge on any atom is -0.494 e. The van der Waals surface area contributed by atoms with Gasteiger partial charge in [0.05, 0.1) is 12.3 Å². The van der Waals surface area contributed by atoms with Gasteiger partial charge in [0.25, 0.3) is 0 Å². The quantitative estimate of drug-likeness (QED) is 0.464. The van der Waals surface area contributed by atoms with Crippen LogP contribution in [0.25, 0.3) is 0 Å². The molecule has 0 spiro atoms. The second-order valence-electron chi connectivity index (χ2n) is 4.46. The molecule has 0 aromatic heterocycles. The molecule has 0 radical (unpaired) electrons. The highest BCUT2D eigenvalue weighted by Gasteiger charge is 2.02. The van der Waals surface area contributed by atoms with Gasteiger partial charge in [0.2, 0.25) is 0 Å². The van der Waals surface area contributed by atoms with Gasteiger partial charge >= 0.3 is 0 Å². The van der Waals surface area contributed by atoms with Gasteiger partial charge < -0.3 is 9.94 Å². The van der Waals surface area contributed by atoms with Gasteiger partial charge in [-0.1, -0.05) is 25.9 Å². The summed E-state index contributed by atoms with van der Waals surface area (Å²) in [7, 11) is 0. The first-order chi connectivity index (χ1) is 8.17. The molecular weight excluding hydrogens is 214 g/mol. The Morgan fingerprint density at radius 2 is 1.94 bits per heavy atom. The van der Waals surface area contributed by atoms with Gasteiger partial charge in [-0.2, -0.15) is 0 Å². The van der Waals surface area contributed by atoms with Gasteiger partial charge in [0.1, 0.15) is 5.75 Å². The summed E-state index contributed by atoms with van der Waals surface area (Å²) in [5, 5.41) is 12.1. The van der Waals surface area contributed by atoms with Crippen LogP contribution in [-0.4, -0.2) is 17.5 Å². The van der Waals surface area contributed by atoms with E-state index < -0.39 is 0 Å². The smallest absolute Gasteiger partial charge is 0.119 e. The Morgan fingerprint density at radius 1 is 1.29 bits per heavy atom. The lowest BCUT2D eigenvalue weighted by Gasteiger charge is -2.08. The van der Waals surface area contributed by atoms with Crippen LogP contribution in [0.15, 0.2) is 29.4 Å². The van der Waals surface area contributed by atoms with Crippen molar-refractivity contribution in [3.63, 3.8) is 0 Å². The lowest BCUT2D eigenvalue weighted by atomic mass is 10.1. The van der Waals surface area contributed by atoms with Crippen LogP contribution >= 0.6 is 0 Å². The van der Waals surface area contributed by atoms with Gasteiger partial charge in [-0.05, 0) is 48.6 Å². The Bertz CT molecular complexity index is 355. The SMILES string of the molecule is CC/C(=N\O)c1ccc(OCCC(C)C)cc1. The molecule has 0 amide bonds. The van der Waals surface area contributed by atoms with E-state index in [9.17, 15) is 0 Å². The molecule has 0 atom stereocenters. The maximum atomic E-state index is 8.81. The molecule has 0 aliphatic rings. The Hall–Kier alpha value is -1.51. The van der Waals surface area contributed by atoms with Gasteiger partial charge in [-0.25, -0.2) is 0 Å². The van der Waals surface area contributed by atoms with E-state index in [4.69, 9.17) is 9.94 Å². The summed E-state index contributed by atoms with van der Waals surface area (Å²) in [5.74, 6) is 1.52. The monoisotopic (exact) mass is 235 g/mol. The Morgan fingerprint density at radius 3 is 2.41 bits per heavy atom. The van der Waals surface area contributed by atoms with Crippen LogP contribution in [0.2, 0.25) is 0 Å². The highest BCUT2D eigenvalue weighted by Crippen LogP contribution is 2.14. The number of ether oxygens (including phenoxy) is 1. The van der Waals surface area contributed by atoms with E-state index in [2.05, 4.69) is 19.0 Å². The summed E-state index contributed by atoms with van der Waals surface area (Å²) in [6, 6.07) is 7.67. The molecular formula is C14H21NO2. The predicted molar refractivity (Wildman–Crippen MR) is 70.0 cm³/mol. The van der Waals surface area contributed by atoms with Crippen LogP contribution in [0.1, 0.15) is 39.2 Å². The fourth-order valence-corrected chi connectivity index (χ4v) is 1.49. The van der Waals surface area contributed by atoms with E-state index in [1.807, 2.05) is 31.2 Å². The first-order valence-electron chi connectivity index (χ1n) is 6.11. The van der Waals surface area contributed by atoms with E-state index in [1.165, 1.54) is 0 Å². The lowest BCUT2D eigenvalue weighted by Crippen LogP contribution is -2.02. The summed E-state index contributed by atoms with van der Waals surface area (Å²) in [6.45, 7) is 7.06. The summed E-state index contributed by atoms with van der Waals surface area (Å²) in [5.41, 5.74) is 1.63. The molecule has 0 heterocycles. The van der Waals surface area contributed by atoms with Crippen molar-refractivity contribution in [2.24, 2.45) is 11.1 Å². The molecule has 0 saturated carbocycles. The fourth-order valence-electron chi connectivity index (χ4n) is 1.49. The minimum atomic E-state index is 0.655. The highest BCUT2D eigenvalue weighted by atomic mass is 16.5. The third-order valence-electron chi connectivity index (χ3n) is 2.61. The zero-order chi connectivity index (χ0) is 12.7. The van der Waals surface area contributed by atoms with E-state index >= 15 is 0 Å². The number of oxime groups is 1. The van der Waals surface area contributed by atoms with Crippen LogP contribution < -0.4 is 4.74 Å². The molecule has 0 fully saturated rings. The van der Waals surface area contributed by atoms with E-state index in [0.717, 1.165) is 24.3 Å². The summed E-state index contributed by atoms with van der Waals surface area (Å²) < 4.78 is 5.62. The maximum absolute atomic E-state index is 8.81. The highest BCUT2D eigenvalue weighted by molar-refractivity contribution is 6.00. The topological polar surface area (TPSA) is 41.8 Å². The summed E-state index contributed by atoms with van der Waals surface area (Å²) >= 11 is 0. The lowest BCUT2D eigenvalue weighted by molar-refractivity contribution is 0.289. The van der Waals surface area contributed by atoms with E-state index in [1.54, 1.807) is 0 Å². The van der Waals surface area contributed by atoms with Crippen molar-refractivity contribution in [3.8, 4) is 5.75 Å². The molecule has 1 aromatic carbocycles. The number of nitrogens with zero attached hydrogens (tertiary/aromatic N) is 1. The van der Waals surface area contributed by atoms with Crippen LogP contribution in [0.3, 0.4) is 0 Å². The average Bonchev–Trinajstić information content (AvgIpc) is 2.32.